The molecule has 0 radical (unpaired) electrons. The van der Waals surface area contributed by atoms with Crippen molar-refractivity contribution in [3.8, 4) is 5.75 Å². The molecule has 0 spiro atoms. The average Bonchev–Trinajstić information content (AvgIpc) is 2.44. The van der Waals surface area contributed by atoms with Crippen molar-refractivity contribution in [1.29, 1.82) is 0 Å². The molecule has 5 nitrogen and oxygen atoms in total. The molecule has 22 heavy (non-hydrogen) atoms. The summed E-state index contributed by atoms with van der Waals surface area (Å²) in [6.45, 7) is 4.09. The Bertz CT molecular complexity index is 676. The summed E-state index contributed by atoms with van der Waals surface area (Å²) in [7, 11) is 1.60. The highest BCUT2D eigenvalue weighted by molar-refractivity contribution is 6.01. The summed E-state index contributed by atoms with van der Waals surface area (Å²) in [5, 5.41) is 5.67. The lowest BCUT2D eigenvalue weighted by atomic mass is 9.73. The van der Waals surface area contributed by atoms with Crippen LogP contribution in [0.4, 0.5) is 4.79 Å². The maximum absolute atomic E-state index is 12.6. The molecule has 0 saturated carbocycles. The number of rotatable bonds is 2. The second-order valence-electron chi connectivity index (χ2n) is 6.64. The number of urea groups is 1. The van der Waals surface area contributed by atoms with Gasteiger partial charge in [0.05, 0.1) is 13.2 Å². The Morgan fingerprint density at radius 1 is 1.23 bits per heavy atom. The number of allylic oxidation sites excluding steroid dienone is 1. The number of nitrogens with one attached hydrogen (secondary N) is 2. The number of hydrogen-bond donors (Lipinski definition) is 2. The lowest BCUT2D eigenvalue weighted by Gasteiger charge is -2.38. The van der Waals surface area contributed by atoms with Crippen molar-refractivity contribution in [3.05, 3.63) is 41.1 Å². The fourth-order valence-corrected chi connectivity index (χ4v) is 3.23. The molecule has 1 heterocycles. The van der Waals surface area contributed by atoms with Gasteiger partial charge in [0.15, 0.2) is 5.78 Å². The van der Waals surface area contributed by atoms with Gasteiger partial charge >= 0.3 is 6.03 Å². The summed E-state index contributed by atoms with van der Waals surface area (Å²) in [5.74, 6) is 0.794. The third-order valence-corrected chi connectivity index (χ3v) is 4.18. The lowest BCUT2D eigenvalue weighted by Crippen LogP contribution is -2.48. The number of ketones is 1. The van der Waals surface area contributed by atoms with E-state index in [1.54, 1.807) is 7.11 Å². The van der Waals surface area contributed by atoms with E-state index in [-0.39, 0.29) is 17.2 Å². The number of Topliss-reactive ketones (excluding diaryl/α,β-unsaturated/α-hetero) is 1. The molecule has 0 bridgehead atoms. The van der Waals surface area contributed by atoms with E-state index in [4.69, 9.17) is 4.74 Å². The summed E-state index contributed by atoms with van der Waals surface area (Å²) in [6, 6.07) is 6.78. The zero-order valence-corrected chi connectivity index (χ0v) is 13.0. The summed E-state index contributed by atoms with van der Waals surface area (Å²) in [4.78, 5) is 24.6. The van der Waals surface area contributed by atoms with Gasteiger partial charge < -0.3 is 15.4 Å². The van der Waals surface area contributed by atoms with Crippen LogP contribution in [0.5, 0.6) is 5.75 Å². The predicted molar refractivity (Wildman–Crippen MR) is 82.5 cm³/mol. The number of benzene rings is 1. The lowest BCUT2D eigenvalue weighted by molar-refractivity contribution is -0.118. The van der Waals surface area contributed by atoms with Gasteiger partial charge in [-0.2, -0.15) is 0 Å². The smallest absolute Gasteiger partial charge is 0.319 e. The second kappa shape index (κ2) is 5.16. The molecule has 2 aliphatic rings. The van der Waals surface area contributed by atoms with Crippen LogP contribution in [0.1, 0.15) is 38.3 Å². The Morgan fingerprint density at radius 2 is 2.00 bits per heavy atom. The third kappa shape index (κ3) is 2.58. The van der Waals surface area contributed by atoms with Crippen molar-refractivity contribution in [2.75, 3.05) is 7.11 Å². The van der Waals surface area contributed by atoms with E-state index >= 15 is 0 Å². The third-order valence-electron chi connectivity index (χ3n) is 4.18. The van der Waals surface area contributed by atoms with Crippen LogP contribution in [0.3, 0.4) is 0 Å². The number of carbonyl (C=O) groups is 2. The zero-order chi connectivity index (χ0) is 15.9. The van der Waals surface area contributed by atoms with Gasteiger partial charge in [0.1, 0.15) is 5.75 Å². The topological polar surface area (TPSA) is 67.4 Å². The van der Waals surface area contributed by atoms with Gasteiger partial charge in [0.25, 0.3) is 0 Å². The summed E-state index contributed by atoms with van der Waals surface area (Å²) >= 11 is 0. The van der Waals surface area contributed by atoms with E-state index in [2.05, 4.69) is 10.6 Å². The van der Waals surface area contributed by atoms with E-state index in [1.807, 2.05) is 38.1 Å². The normalized spacial score (nSPS) is 23.5. The molecule has 3 rings (SSSR count). The molecule has 1 aromatic rings. The quantitative estimate of drug-likeness (QED) is 0.882. The van der Waals surface area contributed by atoms with Crippen LogP contribution >= 0.6 is 0 Å². The zero-order valence-electron chi connectivity index (χ0n) is 13.0. The van der Waals surface area contributed by atoms with Gasteiger partial charge in [-0.3, -0.25) is 4.79 Å². The maximum atomic E-state index is 12.6. The minimum Gasteiger partial charge on any atom is -0.497 e. The van der Waals surface area contributed by atoms with Gasteiger partial charge in [-0.15, -0.1) is 0 Å². The van der Waals surface area contributed by atoms with Crippen LogP contribution in [-0.2, 0) is 4.79 Å². The molecule has 0 aromatic heterocycles. The van der Waals surface area contributed by atoms with Crippen molar-refractivity contribution < 1.29 is 14.3 Å². The molecule has 1 aliphatic carbocycles. The molecule has 116 valence electrons. The Kier molecular flexibility index (Phi) is 3.43. The first-order chi connectivity index (χ1) is 10.4. The molecule has 2 amide bonds. The Balaban J connectivity index is 2.06. The van der Waals surface area contributed by atoms with E-state index in [0.717, 1.165) is 11.3 Å². The monoisotopic (exact) mass is 300 g/mol. The summed E-state index contributed by atoms with van der Waals surface area (Å²) < 4.78 is 5.24. The number of amides is 2. The van der Waals surface area contributed by atoms with E-state index in [1.165, 1.54) is 0 Å². The van der Waals surface area contributed by atoms with Crippen molar-refractivity contribution in [2.45, 2.75) is 32.7 Å². The average molecular weight is 300 g/mol. The van der Waals surface area contributed by atoms with Gasteiger partial charge in [-0.25, -0.2) is 4.79 Å². The van der Waals surface area contributed by atoms with Crippen LogP contribution in [0, 0.1) is 5.41 Å². The van der Waals surface area contributed by atoms with Crippen LogP contribution in [0.2, 0.25) is 0 Å². The molecular weight excluding hydrogens is 280 g/mol. The number of methoxy groups -OCH3 is 1. The fourth-order valence-electron chi connectivity index (χ4n) is 3.23. The van der Waals surface area contributed by atoms with Gasteiger partial charge in [-0.1, -0.05) is 26.0 Å². The molecule has 1 aromatic carbocycles. The maximum Gasteiger partial charge on any atom is 0.319 e. The van der Waals surface area contributed by atoms with Gasteiger partial charge in [-0.05, 0) is 29.5 Å². The molecule has 1 aliphatic heterocycles. The van der Waals surface area contributed by atoms with E-state index < -0.39 is 6.04 Å². The van der Waals surface area contributed by atoms with Crippen molar-refractivity contribution in [1.82, 2.24) is 10.6 Å². The minimum absolute atomic E-state index is 0.0894. The molecule has 0 saturated heterocycles. The summed E-state index contributed by atoms with van der Waals surface area (Å²) in [6.07, 6.45) is 1.19. The van der Waals surface area contributed by atoms with E-state index in [9.17, 15) is 9.59 Å². The number of hydrogen-bond acceptors (Lipinski definition) is 3. The first-order valence-corrected chi connectivity index (χ1v) is 7.37. The Morgan fingerprint density at radius 3 is 2.73 bits per heavy atom. The highest BCUT2D eigenvalue weighted by Gasteiger charge is 2.40. The minimum atomic E-state index is -0.414. The van der Waals surface area contributed by atoms with Crippen molar-refractivity contribution >= 4 is 11.8 Å². The van der Waals surface area contributed by atoms with E-state index in [0.29, 0.717) is 24.2 Å². The van der Waals surface area contributed by atoms with Gasteiger partial charge in [0.2, 0.25) is 0 Å². The van der Waals surface area contributed by atoms with Gasteiger partial charge in [0, 0.05) is 17.7 Å². The number of ether oxygens (including phenoxy) is 1. The first kappa shape index (κ1) is 14.6. The second-order valence-corrected chi connectivity index (χ2v) is 6.64. The molecule has 0 fully saturated rings. The first-order valence-electron chi connectivity index (χ1n) is 7.37. The SMILES string of the molecule is COc1cccc([C@@H]2NC(=O)NC3=C2C(=O)CC(C)(C)C3)c1. The van der Waals surface area contributed by atoms with Crippen LogP contribution < -0.4 is 15.4 Å². The highest BCUT2D eigenvalue weighted by Crippen LogP contribution is 2.41. The molecule has 1 atom stereocenters. The standard InChI is InChI=1S/C17H20N2O3/c1-17(2)8-12-14(13(20)9-17)15(19-16(21)18-12)10-5-4-6-11(7-10)22-3/h4-7,15H,8-9H2,1-3H3,(H2,18,19,21)/t15-/m0/s1. The van der Waals surface area contributed by atoms with Crippen LogP contribution in [0.25, 0.3) is 0 Å². The summed E-state index contributed by atoms with van der Waals surface area (Å²) in [5.41, 5.74) is 2.15. The fraction of sp³-hybridized carbons (Fsp3) is 0.412. The highest BCUT2D eigenvalue weighted by atomic mass is 16.5. The molecule has 0 unspecified atom stereocenters. The van der Waals surface area contributed by atoms with Crippen molar-refractivity contribution in [2.24, 2.45) is 5.41 Å². The molecular formula is C17H20N2O3. The van der Waals surface area contributed by atoms with Crippen LogP contribution in [0.15, 0.2) is 35.5 Å². The van der Waals surface area contributed by atoms with Crippen molar-refractivity contribution in [3.63, 3.8) is 0 Å². The Labute approximate surface area is 129 Å². The molecule has 5 heteroatoms. The largest absolute Gasteiger partial charge is 0.497 e. The predicted octanol–water partition coefficient (Wildman–Crippen LogP) is 2.69. The van der Waals surface area contributed by atoms with Crippen LogP contribution in [-0.4, -0.2) is 18.9 Å². The number of carbonyl (C=O) groups excluding carboxylic acids is 2. The Hall–Kier alpha value is -2.30. The molecule has 2 N–H and O–H groups in total.